The van der Waals surface area contributed by atoms with Crippen molar-refractivity contribution in [3.8, 4) is 5.75 Å². The van der Waals surface area contributed by atoms with Crippen molar-refractivity contribution in [3.63, 3.8) is 0 Å². The van der Waals surface area contributed by atoms with Gasteiger partial charge in [-0.15, -0.1) is 0 Å². The zero-order valence-corrected chi connectivity index (χ0v) is 31.5. The highest BCUT2D eigenvalue weighted by molar-refractivity contribution is 7.90. The minimum Gasteiger partial charge on any atom is -0.487 e. The Bertz CT molecular complexity index is 2040. The molecule has 0 radical (unpaired) electrons. The van der Waals surface area contributed by atoms with E-state index in [2.05, 4.69) is 14.6 Å². The lowest BCUT2D eigenvalue weighted by atomic mass is 9.79. The quantitative estimate of drug-likeness (QED) is 0.341. The first-order chi connectivity index (χ1) is 24.8. The summed E-state index contributed by atoms with van der Waals surface area (Å²) in [4.78, 5) is 38.3. The number of oxazole rings is 1. The van der Waals surface area contributed by atoms with E-state index < -0.39 is 50.4 Å². The molecule has 7 rings (SSSR count). The Morgan fingerprint density at radius 2 is 1.98 bits per heavy atom. The first-order valence-electron chi connectivity index (χ1n) is 18.0. The normalized spacial score (nSPS) is 27.2. The Balaban J connectivity index is 1.47. The fraction of sp³-hybridized carbons (Fsp3) is 0.500. The van der Waals surface area contributed by atoms with Crippen LogP contribution in [0, 0.1) is 12.8 Å². The van der Waals surface area contributed by atoms with Crippen molar-refractivity contribution >= 4 is 39.1 Å². The molecule has 0 unspecified atom stereocenters. The molecule has 5 heterocycles. The molecule has 7 bridgehead atoms. The number of rotatable bonds is 3. The first kappa shape index (κ1) is 36.4. The van der Waals surface area contributed by atoms with E-state index in [-0.39, 0.29) is 25.1 Å². The SMILES string of the molecule is Cc1nc(CN(C)C(=O)[C@H]2/C(F)=C/C[C@H](C)[C@@H](C)S(=O)(=O)NC(=O)c3ccc4c(c3)N3CCCCc5cc(Cl)cc(c5CO4)[C@]4(CCCN24)C3)co1. The van der Waals surface area contributed by atoms with Crippen LogP contribution in [0.1, 0.15) is 84.6 Å². The van der Waals surface area contributed by atoms with Crippen LogP contribution in [-0.4, -0.2) is 73.0 Å². The monoisotopic (exact) mass is 753 g/mol. The lowest BCUT2D eigenvalue weighted by molar-refractivity contribution is -0.137. The van der Waals surface area contributed by atoms with Crippen LogP contribution >= 0.6 is 11.6 Å². The standard InChI is InChI=1S/C38H45ClFN5O6S/c1-23-9-11-32(40)35(37(47)43(4)19-29-20-50-25(3)41-29)45-15-7-13-38(45)22-44-14-6-5-8-26-16-28(39)18-31(38)30(26)21-51-34-12-10-27(17-33(34)44)36(46)42-52(48,49)24(23)2/h10-12,16-18,20,23-24,35H,5-9,13-15,19,21-22H2,1-4H3,(H,42,46)/b32-11-/t23-,24+,35+,38-/m0/s1. The fourth-order valence-corrected chi connectivity index (χ4v) is 9.84. The molecule has 2 aromatic carbocycles. The molecule has 3 aromatic rings. The maximum Gasteiger partial charge on any atom is 0.264 e. The second kappa shape index (κ2) is 14.1. The number of hydrogen-bond acceptors (Lipinski definition) is 9. The van der Waals surface area contributed by atoms with Crippen LogP contribution in [0.5, 0.6) is 5.75 Å². The molecule has 0 aliphatic carbocycles. The lowest BCUT2D eigenvalue weighted by Gasteiger charge is -2.47. The number of fused-ring (bicyclic) bond motifs is 1. The summed E-state index contributed by atoms with van der Waals surface area (Å²) in [5, 5.41) is -0.483. The van der Waals surface area contributed by atoms with E-state index in [0.29, 0.717) is 60.5 Å². The van der Waals surface area contributed by atoms with Gasteiger partial charge in [0.05, 0.1) is 28.7 Å². The third-order valence-corrected chi connectivity index (χ3v) is 13.4. The van der Waals surface area contributed by atoms with Crippen molar-refractivity contribution in [2.24, 2.45) is 5.92 Å². The van der Waals surface area contributed by atoms with Gasteiger partial charge in [0.25, 0.3) is 5.91 Å². The van der Waals surface area contributed by atoms with Gasteiger partial charge < -0.3 is 19.0 Å². The molecular formula is C38H45ClFN5O6S. The molecule has 52 heavy (non-hydrogen) atoms. The molecule has 4 atom stereocenters. The number of allylic oxidation sites excluding steroid dienone is 1. The predicted octanol–water partition coefficient (Wildman–Crippen LogP) is 6.03. The summed E-state index contributed by atoms with van der Waals surface area (Å²) in [7, 11) is -2.53. The number of nitrogens with one attached hydrogen (secondary N) is 1. The maximum absolute atomic E-state index is 17.2. The van der Waals surface area contributed by atoms with Crippen LogP contribution < -0.4 is 14.4 Å². The number of anilines is 1. The zero-order valence-electron chi connectivity index (χ0n) is 30.0. The summed E-state index contributed by atoms with van der Waals surface area (Å²) < 4.78 is 58.4. The number of halogens is 2. The van der Waals surface area contributed by atoms with E-state index in [1.165, 1.54) is 24.2 Å². The van der Waals surface area contributed by atoms with Gasteiger partial charge in [-0.3, -0.25) is 14.5 Å². The highest BCUT2D eigenvalue weighted by atomic mass is 35.5. The number of hydrogen-bond donors (Lipinski definition) is 1. The van der Waals surface area contributed by atoms with E-state index in [4.69, 9.17) is 20.8 Å². The molecule has 1 saturated heterocycles. The first-order valence-corrected chi connectivity index (χ1v) is 19.9. The van der Waals surface area contributed by atoms with E-state index in [0.717, 1.165) is 36.0 Å². The van der Waals surface area contributed by atoms with Crippen molar-refractivity contribution in [3.05, 3.63) is 87.4 Å². The number of sulfonamides is 1. The molecule has 1 fully saturated rings. The third-order valence-electron chi connectivity index (χ3n) is 11.3. The second-order valence-electron chi connectivity index (χ2n) is 14.7. The van der Waals surface area contributed by atoms with Gasteiger partial charge in [-0.25, -0.2) is 22.5 Å². The van der Waals surface area contributed by atoms with Gasteiger partial charge in [0, 0.05) is 44.2 Å². The van der Waals surface area contributed by atoms with Gasteiger partial charge in [-0.2, -0.15) is 0 Å². The predicted molar refractivity (Wildman–Crippen MR) is 195 cm³/mol. The average molecular weight is 754 g/mol. The molecule has 278 valence electrons. The Kier molecular flexibility index (Phi) is 9.90. The molecular weight excluding hydrogens is 709 g/mol. The van der Waals surface area contributed by atoms with Crippen molar-refractivity contribution in [2.45, 2.75) is 89.3 Å². The van der Waals surface area contributed by atoms with E-state index in [1.54, 1.807) is 39.1 Å². The molecule has 0 saturated carbocycles. The molecule has 14 heteroatoms. The van der Waals surface area contributed by atoms with Crippen LogP contribution in [0.3, 0.4) is 0 Å². The number of nitrogens with zero attached hydrogens (tertiary/aromatic N) is 4. The molecule has 4 aliphatic heterocycles. The topological polar surface area (TPSA) is 125 Å². The Morgan fingerprint density at radius 3 is 2.75 bits per heavy atom. The lowest BCUT2D eigenvalue weighted by Crippen LogP contribution is -2.58. The van der Waals surface area contributed by atoms with Gasteiger partial charge in [0.15, 0.2) is 5.89 Å². The average Bonchev–Trinajstić information content (AvgIpc) is 3.72. The van der Waals surface area contributed by atoms with Gasteiger partial charge in [0.2, 0.25) is 15.9 Å². The zero-order chi connectivity index (χ0) is 36.9. The van der Waals surface area contributed by atoms with Gasteiger partial charge >= 0.3 is 0 Å². The smallest absolute Gasteiger partial charge is 0.264 e. The van der Waals surface area contributed by atoms with Crippen LogP contribution in [0.4, 0.5) is 10.1 Å². The summed E-state index contributed by atoms with van der Waals surface area (Å²) in [5.41, 5.74) is 3.37. The molecule has 2 amide bonds. The maximum atomic E-state index is 17.2. The number of amides is 2. The van der Waals surface area contributed by atoms with Crippen LogP contribution in [0.25, 0.3) is 0 Å². The van der Waals surface area contributed by atoms with Gasteiger partial charge in [0.1, 0.15) is 30.5 Å². The number of carbonyl (C=O) groups excluding carboxylic acids is 2. The fourth-order valence-electron chi connectivity index (χ4n) is 8.32. The summed E-state index contributed by atoms with van der Waals surface area (Å²) >= 11 is 6.91. The Labute approximate surface area is 309 Å². The van der Waals surface area contributed by atoms with Gasteiger partial charge in [-0.1, -0.05) is 24.6 Å². The third kappa shape index (κ3) is 6.71. The second-order valence-corrected chi connectivity index (χ2v) is 17.2. The highest BCUT2D eigenvalue weighted by Gasteiger charge is 2.52. The van der Waals surface area contributed by atoms with Gasteiger partial charge in [-0.05, 0) is 98.4 Å². The molecule has 1 aromatic heterocycles. The number of benzene rings is 2. The van der Waals surface area contributed by atoms with Crippen molar-refractivity contribution in [1.82, 2.24) is 19.5 Å². The Morgan fingerprint density at radius 1 is 1.17 bits per heavy atom. The van der Waals surface area contributed by atoms with E-state index >= 15 is 4.39 Å². The number of likely N-dealkylation sites (N-methyl/N-ethyl adjacent to an activating group) is 1. The van der Waals surface area contributed by atoms with Crippen LogP contribution in [0.2, 0.25) is 5.02 Å². The summed E-state index contributed by atoms with van der Waals surface area (Å²) in [6.07, 6.45) is 6.57. The number of ether oxygens (including phenoxy) is 1. The minimum absolute atomic E-state index is 0.0181. The van der Waals surface area contributed by atoms with Crippen molar-refractivity contribution in [2.75, 3.05) is 31.6 Å². The van der Waals surface area contributed by atoms with Crippen molar-refractivity contribution < 1.29 is 31.6 Å². The Hall–Kier alpha value is -3.94. The summed E-state index contributed by atoms with van der Waals surface area (Å²) in [6, 6.07) is 7.58. The van der Waals surface area contributed by atoms with E-state index in [9.17, 15) is 18.0 Å². The largest absolute Gasteiger partial charge is 0.487 e. The van der Waals surface area contributed by atoms with E-state index in [1.807, 2.05) is 17.0 Å². The summed E-state index contributed by atoms with van der Waals surface area (Å²) in [6.45, 7) is 6.55. The number of aryl methyl sites for hydroxylation is 2. The number of aromatic nitrogens is 1. The summed E-state index contributed by atoms with van der Waals surface area (Å²) in [5.74, 6) is -1.46. The number of carbonyl (C=O) groups is 2. The molecule has 11 nitrogen and oxygen atoms in total. The minimum atomic E-state index is -4.15. The molecule has 4 aliphatic rings. The highest BCUT2D eigenvalue weighted by Crippen LogP contribution is 2.49. The molecule has 1 N–H and O–H groups in total. The van der Waals surface area contributed by atoms with Crippen LogP contribution in [-0.2, 0) is 39.9 Å². The van der Waals surface area contributed by atoms with Crippen LogP contribution in [0.15, 0.2) is 52.9 Å². The molecule has 1 spiro atoms. The van der Waals surface area contributed by atoms with Crippen molar-refractivity contribution in [1.29, 1.82) is 0 Å².